The van der Waals surface area contributed by atoms with Gasteiger partial charge in [0.25, 0.3) is 5.91 Å². The van der Waals surface area contributed by atoms with Crippen LogP contribution in [0.5, 0.6) is 0 Å². The van der Waals surface area contributed by atoms with Crippen molar-refractivity contribution in [1.29, 1.82) is 0 Å². The molecule has 122 valence electrons. The molecule has 0 aliphatic heterocycles. The molecular formula is C19H25N3O. The maximum atomic E-state index is 12.8. The van der Waals surface area contributed by atoms with Crippen LogP contribution in [0.4, 0.5) is 11.5 Å². The molecule has 1 aromatic carbocycles. The first-order valence-electron chi connectivity index (χ1n) is 8.33. The number of aromatic nitrogens is 1. The van der Waals surface area contributed by atoms with E-state index in [1.807, 2.05) is 43.3 Å². The van der Waals surface area contributed by atoms with Gasteiger partial charge in [-0.1, -0.05) is 38.0 Å². The number of rotatable bonds is 8. The molecule has 0 spiro atoms. The monoisotopic (exact) mass is 311 g/mol. The van der Waals surface area contributed by atoms with Crippen LogP contribution in [-0.2, 0) is 0 Å². The fraction of sp³-hybridized carbons (Fsp3) is 0.368. The van der Waals surface area contributed by atoms with Gasteiger partial charge in [0.05, 0.1) is 0 Å². The molecule has 0 aliphatic carbocycles. The number of nitrogens with one attached hydrogen (secondary N) is 1. The van der Waals surface area contributed by atoms with Crippen LogP contribution in [0.25, 0.3) is 0 Å². The van der Waals surface area contributed by atoms with Gasteiger partial charge >= 0.3 is 0 Å². The van der Waals surface area contributed by atoms with Crippen molar-refractivity contribution in [3.63, 3.8) is 0 Å². The van der Waals surface area contributed by atoms with Crippen molar-refractivity contribution in [2.45, 2.75) is 33.1 Å². The molecule has 2 rings (SSSR count). The van der Waals surface area contributed by atoms with Gasteiger partial charge in [-0.15, -0.1) is 0 Å². The SMILES string of the molecule is CCCCCNc1cc(C(=O)N(CC)c2ccccc2)ccn1. The summed E-state index contributed by atoms with van der Waals surface area (Å²) in [5.41, 5.74) is 1.57. The Morgan fingerprint density at radius 2 is 1.91 bits per heavy atom. The molecular weight excluding hydrogens is 286 g/mol. The standard InChI is InChI=1S/C19H25N3O/c1-3-5-9-13-20-18-15-16(12-14-21-18)19(23)22(4-2)17-10-7-6-8-11-17/h6-8,10-12,14-15H,3-5,9,13H2,1-2H3,(H,20,21). The Balaban J connectivity index is 2.09. The molecule has 0 unspecified atom stereocenters. The summed E-state index contributed by atoms with van der Waals surface area (Å²) in [5.74, 6) is 0.758. The summed E-state index contributed by atoms with van der Waals surface area (Å²) in [6.45, 7) is 5.68. The lowest BCUT2D eigenvalue weighted by Gasteiger charge is -2.21. The second-order valence-corrected chi connectivity index (χ2v) is 5.45. The molecule has 1 heterocycles. The van der Waals surface area contributed by atoms with Gasteiger partial charge in [0.2, 0.25) is 0 Å². The number of hydrogen-bond donors (Lipinski definition) is 1. The Kier molecular flexibility index (Phi) is 6.60. The molecule has 4 heteroatoms. The van der Waals surface area contributed by atoms with Crippen LogP contribution in [0, 0.1) is 0 Å². The lowest BCUT2D eigenvalue weighted by atomic mass is 10.2. The second-order valence-electron chi connectivity index (χ2n) is 5.45. The van der Waals surface area contributed by atoms with E-state index in [1.54, 1.807) is 17.2 Å². The minimum atomic E-state index is -0.00212. The highest BCUT2D eigenvalue weighted by Gasteiger charge is 2.16. The molecule has 23 heavy (non-hydrogen) atoms. The lowest BCUT2D eigenvalue weighted by Crippen LogP contribution is -2.30. The number of amides is 1. The van der Waals surface area contributed by atoms with Crippen LogP contribution in [0.1, 0.15) is 43.5 Å². The number of para-hydroxylation sites is 1. The fourth-order valence-corrected chi connectivity index (χ4v) is 2.46. The molecule has 0 atom stereocenters. The zero-order valence-electron chi connectivity index (χ0n) is 14.0. The van der Waals surface area contributed by atoms with Gasteiger partial charge in [-0.3, -0.25) is 4.79 Å². The Morgan fingerprint density at radius 3 is 2.61 bits per heavy atom. The molecule has 1 amide bonds. The smallest absolute Gasteiger partial charge is 0.258 e. The van der Waals surface area contributed by atoms with Crippen LogP contribution in [-0.4, -0.2) is 24.0 Å². The van der Waals surface area contributed by atoms with Gasteiger partial charge in [-0.05, 0) is 37.6 Å². The van der Waals surface area contributed by atoms with E-state index >= 15 is 0 Å². The van der Waals surface area contributed by atoms with E-state index in [4.69, 9.17) is 0 Å². The fourth-order valence-electron chi connectivity index (χ4n) is 2.46. The second kappa shape index (κ2) is 8.93. The van der Waals surface area contributed by atoms with E-state index in [2.05, 4.69) is 17.2 Å². The van der Waals surface area contributed by atoms with Crippen LogP contribution in [0.15, 0.2) is 48.7 Å². The summed E-state index contributed by atoms with van der Waals surface area (Å²) >= 11 is 0. The number of anilines is 2. The normalized spacial score (nSPS) is 10.3. The zero-order valence-corrected chi connectivity index (χ0v) is 14.0. The molecule has 0 aliphatic rings. The summed E-state index contributed by atoms with van der Waals surface area (Å²) in [7, 11) is 0. The maximum absolute atomic E-state index is 12.8. The molecule has 1 N–H and O–H groups in total. The van der Waals surface area contributed by atoms with Crippen LogP contribution in [0.2, 0.25) is 0 Å². The van der Waals surface area contributed by atoms with E-state index in [9.17, 15) is 4.79 Å². The average Bonchev–Trinajstić information content (AvgIpc) is 2.60. The number of nitrogens with zero attached hydrogens (tertiary/aromatic N) is 2. The summed E-state index contributed by atoms with van der Waals surface area (Å²) in [4.78, 5) is 18.8. The summed E-state index contributed by atoms with van der Waals surface area (Å²) in [6.07, 6.45) is 5.19. The summed E-state index contributed by atoms with van der Waals surface area (Å²) < 4.78 is 0. The van der Waals surface area contributed by atoms with Crippen LogP contribution < -0.4 is 10.2 Å². The number of benzene rings is 1. The number of hydrogen-bond acceptors (Lipinski definition) is 3. The lowest BCUT2D eigenvalue weighted by molar-refractivity contribution is 0.0988. The van der Waals surface area contributed by atoms with Gasteiger partial charge in [-0.2, -0.15) is 0 Å². The van der Waals surface area contributed by atoms with Crippen LogP contribution in [0.3, 0.4) is 0 Å². The highest BCUT2D eigenvalue weighted by atomic mass is 16.2. The topological polar surface area (TPSA) is 45.2 Å². The van der Waals surface area contributed by atoms with Crippen molar-refractivity contribution in [1.82, 2.24) is 4.98 Å². The van der Waals surface area contributed by atoms with Gasteiger partial charge in [0.1, 0.15) is 5.82 Å². The zero-order chi connectivity index (χ0) is 16.5. The Morgan fingerprint density at radius 1 is 1.13 bits per heavy atom. The Labute approximate surface area is 138 Å². The highest BCUT2D eigenvalue weighted by molar-refractivity contribution is 6.06. The third-order valence-corrected chi connectivity index (χ3v) is 3.72. The number of carbonyl (C=O) groups excluding carboxylic acids is 1. The number of unbranched alkanes of at least 4 members (excludes halogenated alkanes) is 2. The molecule has 2 aromatic rings. The maximum Gasteiger partial charge on any atom is 0.258 e. The minimum Gasteiger partial charge on any atom is -0.370 e. The van der Waals surface area contributed by atoms with E-state index in [1.165, 1.54) is 12.8 Å². The summed E-state index contributed by atoms with van der Waals surface area (Å²) in [5, 5.41) is 3.29. The van der Waals surface area contributed by atoms with E-state index in [0.29, 0.717) is 12.1 Å². The average molecular weight is 311 g/mol. The quantitative estimate of drug-likeness (QED) is 0.737. The third kappa shape index (κ3) is 4.81. The van der Waals surface area contributed by atoms with Crippen molar-refractivity contribution < 1.29 is 4.79 Å². The van der Waals surface area contributed by atoms with Gasteiger partial charge in [-0.25, -0.2) is 4.98 Å². The van der Waals surface area contributed by atoms with E-state index < -0.39 is 0 Å². The highest BCUT2D eigenvalue weighted by Crippen LogP contribution is 2.17. The van der Waals surface area contributed by atoms with Crippen molar-refractivity contribution in [2.24, 2.45) is 0 Å². The van der Waals surface area contributed by atoms with E-state index in [0.717, 1.165) is 24.5 Å². The minimum absolute atomic E-state index is 0.00212. The number of carbonyl (C=O) groups is 1. The third-order valence-electron chi connectivity index (χ3n) is 3.72. The first kappa shape index (κ1) is 17.0. The Hall–Kier alpha value is -2.36. The predicted molar refractivity (Wildman–Crippen MR) is 96.0 cm³/mol. The van der Waals surface area contributed by atoms with Crippen molar-refractivity contribution in [3.05, 3.63) is 54.2 Å². The van der Waals surface area contributed by atoms with Crippen molar-refractivity contribution in [3.8, 4) is 0 Å². The molecule has 0 saturated heterocycles. The molecule has 0 saturated carbocycles. The predicted octanol–water partition coefficient (Wildman–Crippen LogP) is 4.35. The van der Waals surface area contributed by atoms with Gasteiger partial charge in [0, 0.05) is 30.5 Å². The first-order chi connectivity index (χ1) is 11.3. The Bertz CT molecular complexity index is 613. The van der Waals surface area contributed by atoms with Crippen LogP contribution >= 0.6 is 0 Å². The molecule has 0 fully saturated rings. The molecule has 4 nitrogen and oxygen atoms in total. The molecule has 0 bridgehead atoms. The van der Waals surface area contributed by atoms with E-state index in [-0.39, 0.29) is 5.91 Å². The van der Waals surface area contributed by atoms with Crippen molar-refractivity contribution >= 4 is 17.4 Å². The van der Waals surface area contributed by atoms with Gasteiger partial charge in [0.15, 0.2) is 0 Å². The number of pyridine rings is 1. The summed E-state index contributed by atoms with van der Waals surface area (Å²) in [6, 6.07) is 13.3. The molecule has 1 aromatic heterocycles. The van der Waals surface area contributed by atoms with Crippen molar-refractivity contribution in [2.75, 3.05) is 23.3 Å². The molecule has 0 radical (unpaired) electrons. The first-order valence-corrected chi connectivity index (χ1v) is 8.33. The van der Waals surface area contributed by atoms with Gasteiger partial charge < -0.3 is 10.2 Å². The largest absolute Gasteiger partial charge is 0.370 e.